The first-order valence-electron chi connectivity index (χ1n) is 5.72. The highest BCUT2D eigenvalue weighted by molar-refractivity contribution is 6.01. The van der Waals surface area contributed by atoms with Crippen molar-refractivity contribution in [1.82, 2.24) is 4.98 Å². The smallest absolute Gasteiger partial charge is 0.414 e. The number of aliphatic hydroxyl groups is 1. The van der Waals surface area contributed by atoms with Crippen LogP contribution in [0.15, 0.2) is 36.5 Å². The van der Waals surface area contributed by atoms with Crippen LogP contribution < -0.4 is 4.90 Å². The normalized spacial score (nSPS) is 19.3. The number of benzene rings is 1. The number of fused-ring (bicyclic) bond motifs is 1. The van der Waals surface area contributed by atoms with E-state index in [2.05, 4.69) is 4.98 Å². The fraction of sp³-hybridized carbons (Fsp3) is 0.231. The second-order valence-electron chi connectivity index (χ2n) is 4.15. The number of pyridine rings is 1. The second kappa shape index (κ2) is 4.27. The summed E-state index contributed by atoms with van der Waals surface area (Å²) < 4.78 is 5.04. The van der Waals surface area contributed by atoms with Gasteiger partial charge in [-0.05, 0) is 24.3 Å². The molecule has 1 atom stereocenters. The van der Waals surface area contributed by atoms with Gasteiger partial charge < -0.3 is 9.84 Å². The van der Waals surface area contributed by atoms with Crippen molar-refractivity contribution in [3.05, 3.63) is 36.5 Å². The zero-order valence-corrected chi connectivity index (χ0v) is 9.61. The summed E-state index contributed by atoms with van der Waals surface area (Å²) in [7, 11) is 0. The van der Waals surface area contributed by atoms with E-state index in [9.17, 15) is 4.79 Å². The maximum Gasteiger partial charge on any atom is 0.414 e. The zero-order chi connectivity index (χ0) is 12.5. The summed E-state index contributed by atoms with van der Waals surface area (Å²) >= 11 is 0. The van der Waals surface area contributed by atoms with Crippen LogP contribution in [0.3, 0.4) is 0 Å². The summed E-state index contributed by atoms with van der Waals surface area (Å²) in [5.41, 5.74) is 1.59. The number of rotatable bonds is 2. The molecule has 0 radical (unpaired) electrons. The molecule has 1 amide bonds. The van der Waals surface area contributed by atoms with E-state index in [0.717, 1.165) is 16.6 Å². The Kier molecular flexibility index (Phi) is 2.60. The second-order valence-corrected chi connectivity index (χ2v) is 4.15. The molecule has 92 valence electrons. The molecule has 5 heteroatoms. The Bertz CT molecular complexity index is 594. The molecular weight excluding hydrogens is 232 g/mol. The van der Waals surface area contributed by atoms with E-state index in [1.807, 2.05) is 30.3 Å². The van der Waals surface area contributed by atoms with Gasteiger partial charge in [0.05, 0.1) is 24.4 Å². The number of aliphatic hydroxyl groups excluding tert-OH is 1. The van der Waals surface area contributed by atoms with Crippen LogP contribution in [0.25, 0.3) is 10.9 Å². The number of cyclic esters (lactones) is 1. The third-order valence-electron chi connectivity index (χ3n) is 2.99. The molecule has 0 unspecified atom stereocenters. The van der Waals surface area contributed by atoms with Gasteiger partial charge in [0.1, 0.15) is 6.10 Å². The van der Waals surface area contributed by atoms with Crippen molar-refractivity contribution in [2.75, 3.05) is 18.1 Å². The first-order valence-corrected chi connectivity index (χ1v) is 5.72. The number of ether oxygens (including phenoxy) is 1. The van der Waals surface area contributed by atoms with Gasteiger partial charge in [-0.2, -0.15) is 0 Å². The van der Waals surface area contributed by atoms with Gasteiger partial charge in [-0.1, -0.05) is 6.07 Å². The summed E-state index contributed by atoms with van der Waals surface area (Å²) in [6.07, 6.45) is 0.833. The Labute approximate surface area is 104 Å². The van der Waals surface area contributed by atoms with E-state index in [1.165, 1.54) is 4.90 Å². The molecule has 1 aromatic heterocycles. The van der Waals surface area contributed by atoms with E-state index in [1.54, 1.807) is 6.20 Å². The maximum absolute atomic E-state index is 11.8. The van der Waals surface area contributed by atoms with Crippen molar-refractivity contribution in [2.24, 2.45) is 0 Å². The Morgan fingerprint density at radius 1 is 1.39 bits per heavy atom. The van der Waals surface area contributed by atoms with Crippen molar-refractivity contribution in [2.45, 2.75) is 6.10 Å². The van der Waals surface area contributed by atoms with Gasteiger partial charge in [-0.3, -0.25) is 9.88 Å². The van der Waals surface area contributed by atoms with Crippen LogP contribution in [0.1, 0.15) is 0 Å². The number of carbonyl (C=O) groups excluding carboxylic acids is 1. The molecule has 1 aliphatic rings. The topological polar surface area (TPSA) is 62.7 Å². The van der Waals surface area contributed by atoms with Crippen LogP contribution in [0.2, 0.25) is 0 Å². The lowest BCUT2D eigenvalue weighted by Crippen LogP contribution is -2.25. The van der Waals surface area contributed by atoms with Crippen molar-refractivity contribution in [3.8, 4) is 0 Å². The van der Waals surface area contributed by atoms with E-state index < -0.39 is 12.2 Å². The number of hydrogen-bond acceptors (Lipinski definition) is 4. The van der Waals surface area contributed by atoms with Gasteiger partial charge in [0.15, 0.2) is 0 Å². The summed E-state index contributed by atoms with van der Waals surface area (Å²) in [5.74, 6) is 0. The van der Waals surface area contributed by atoms with Crippen LogP contribution in [0.4, 0.5) is 10.5 Å². The molecule has 0 bridgehead atoms. The first-order chi connectivity index (χ1) is 8.79. The molecule has 1 saturated heterocycles. The fourth-order valence-electron chi connectivity index (χ4n) is 2.14. The van der Waals surface area contributed by atoms with Gasteiger partial charge in [-0.25, -0.2) is 4.79 Å². The van der Waals surface area contributed by atoms with Gasteiger partial charge in [-0.15, -0.1) is 0 Å². The minimum Gasteiger partial charge on any atom is -0.441 e. The third kappa shape index (κ3) is 1.69. The van der Waals surface area contributed by atoms with Gasteiger partial charge >= 0.3 is 6.09 Å². The van der Waals surface area contributed by atoms with E-state index >= 15 is 0 Å². The van der Waals surface area contributed by atoms with Crippen LogP contribution in [-0.2, 0) is 4.74 Å². The lowest BCUT2D eigenvalue weighted by molar-refractivity contribution is 0.0963. The standard InChI is InChI=1S/C13H12N2O3/c16-8-9-7-15(13(17)18-9)12-5-1-4-11-10(12)3-2-6-14-11/h1-6,9,16H,7-8H2/t9-/m1/s1. The minimum absolute atomic E-state index is 0.161. The SMILES string of the molecule is O=C1O[C@@H](CO)CN1c1cccc2ncccc12. The number of aromatic nitrogens is 1. The summed E-state index contributed by atoms with van der Waals surface area (Å²) in [4.78, 5) is 17.5. The van der Waals surface area contributed by atoms with Crippen LogP contribution in [0, 0.1) is 0 Å². The molecule has 1 N–H and O–H groups in total. The van der Waals surface area contributed by atoms with E-state index in [0.29, 0.717) is 6.54 Å². The molecule has 0 spiro atoms. The molecule has 1 aliphatic heterocycles. The molecule has 2 heterocycles. The Morgan fingerprint density at radius 2 is 2.28 bits per heavy atom. The number of carbonyl (C=O) groups is 1. The van der Waals surface area contributed by atoms with Crippen LogP contribution in [0.5, 0.6) is 0 Å². The van der Waals surface area contributed by atoms with E-state index in [4.69, 9.17) is 9.84 Å². The molecule has 1 aromatic carbocycles. The lowest BCUT2D eigenvalue weighted by Gasteiger charge is -2.15. The minimum atomic E-state index is -0.454. The van der Waals surface area contributed by atoms with Crippen LogP contribution in [-0.4, -0.2) is 35.4 Å². The monoisotopic (exact) mass is 244 g/mol. The fourth-order valence-corrected chi connectivity index (χ4v) is 2.14. The number of anilines is 1. The molecule has 3 rings (SSSR count). The van der Waals surface area contributed by atoms with Crippen molar-refractivity contribution < 1.29 is 14.6 Å². The molecule has 0 aliphatic carbocycles. The molecule has 5 nitrogen and oxygen atoms in total. The highest BCUT2D eigenvalue weighted by Gasteiger charge is 2.32. The Balaban J connectivity index is 2.07. The van der Waals surface area contributed by atoms with E-state index in [-0.39, 0.29) is 6.61 Å². The molecule has 1 fully saturated rings. The molecule has 0 saturated carbocycles. The highest BCUT2D eigenvalue weighted by atomic mass is 16.6. The average Bonchev–Trinajstić information content (AvgIpc) is 2.79. The Morgan fingerprint density at radius 3 is 3.06 bits per heavy atom. The van der Waals surface area contributed by atoms with Gasteiger partial charge in [0.25, 0.3) is 0 Å². The maximum atomic E-state index is 11.8. The third-order valence-corrected chi connectivity index (χ3v) is 2.99. The average molecular weight is 244 g/mol. The quantitative estimate of drug-likeness (QED) is 0.870. The zero-order valence-electron chi connectivity index (χ0n) is 9.61. The number of nitrogens with zero attached hydrogens (tertiary/aromatic N) is 2. The van der Waals surface area contributed by atoms with Gasteiger partial charge in [0, 0.05) is 11.6 Å². The first kappa shape index (κ1) is 11.0. The van der Waals surface area contributed by atoms with Crippen molar-refractivity contribution in [1.29, 1.82) is 0 Å². The molecule has 18 heavy (non-hydrogen) atoms. The highest BCUT2D eigenvalue weighted by Crippen LogP contribution is 2.28. The lowest BCUT2D eigenvalue weighted by atomic mass is 10.1. The van der Waals surface area contributed by atoms with Crippen molar-refractivity contribution >= 4 is 22.7 Å². The molecular formula is C13H12N2O3. The summed E-state index contributed by atoms with van der Waals surface area (Å²) in [6.45, 7) is 0.203. The summed E-state index contributed by atoms with van der Waals surface area (Å²) in [5, 5.41) is 9.94. The van der Waals surface area contributed by atoms with Gasteiger partial charge in [0.2, 0.25) is 0 Å². The predicted molar refractivity (Wildman–Crippen MR) is 66.4 cm³/mol. The van der Waals surface area contributed by atoms with Crippen molar-refractivity contribution in [3.63, 3.8) is 0 Å². The summed E-state index contributed by atoms with van der Waals surface area (Å²) in [6, 6.07) is 9.34. The number of hydrogen-bond donors (Lipinski definition) is 1. The predicted octanol–water partition coefficient (Wildman–Crippen LogP) is 1.55. The number of amides is 1. The van der Waals surface area contributed by atoms with Crippen LogP contribution >= 0.6 is 0 Å². The molecule has 2 aromatic rings. The largest absolute Gasteiger partial charge is 0.441 e. The Hall–Kier alpha value is -2.14.